The average Bonchev–Trinajstić information content (AvgIpc) is 2.88. The van der Waals surface area contributed by atoms with Crippen LogP contribution >= 0.6 is 0 Å². The molecule has 154 valence electrons. The maximum atomic E-state index is 2.50. The van der Waals surface area contributed by atoms with Crippen molar-refractivity contribution in [2.45, 2.75) is 51.2 Å². The van der Waals surface area contributed by atoms with Gasteiger partial charge in [-0.15, -0.1) is 0 Å². The number of benzene rings is 2. The van der Waals surface area contributed by atoms with Crippen LogP contribution in [0.25, 0.3) is 0 Å². The summed E-state index contributed by atoms with van der Waals surface area (Å²) < 4.78 is 0.0000694. The van der Waals surface area contributed by atoms with E-state index >= 15 is 0 Å². The van der Waals surface area contributed by atoms with Crippen molar-refractivity contribution in [3.8, 4) is 0 Å². The monoisotopic (exact) mass is 482 g/mol. The van der Waals surface area contributed by atoms with E-state index in [1.54, 1.807) is 0 Å². The molecule has 4 heteroatoms. The van der Waals surface area contributed by atoms with Gasteiger partial charge < -0.3 is 37.2 Å². The Hall–Kier alpha value is -0.496. The van der Waals surface area contributed by atoms with Crippen LogP contribution in [0.5, 0.6) is 0 Å². The van der Waals surface area contributed by atoms with Gasteiger partial charge in [0, 0.05) is 0 Å². The van der Waals surface area contributed by atoms with Gasteiger partial charge in [0.25, 0.3) is 0 Å². The molecule has 2 aromatic rings. The van der Waals surface area contributed by atoms with E-state index < -0.39 is 0 Å². The van der Waals surface area contributed by atoms with Gasteiger partial charge in [0.15, 0.2) is 0 Å². The average molecular weight is 484 g/mol. The molecule has 1 atom stereocenters. The van der Waals surface area contributed by atoms with Crippen LogP contribution in [-0.2, 0) is 20.4 Å². The largest absolute Gasteiger partial charge is 1.00 e. The molecule has 0 aromatic heterocycles. The molecule has 1 aliphatic carbocycles. The standard InChI is InChI=1S/C25H29.3ClH.Ti/c1-16(2)21-7-8-22(15-21)25(23-11-17(3)9-18(4)12-23)24-13-19(5)10-20(6)14-24;;;;/h7-16,25H,1-6H3;3*1H;/q;;;;+3/p-3. The van der Waals surface area contributed by atoms with Crippen LogP contribution in [0.1, 0.15) is 53.1 Å². The molecule has 0 N–H and O–H groups in total. The molecule has 0 bridgehead atoms. The molecule has 0 amide bonds. The topological polar surface area (TPSA) is 0 Å². The van der Waals surface area contributed by atoms with Gasteiger partial charge in [-0.25, -0.2) is 0 Å². The molecule has 0 radical (unpaired) electrons. The van der Waals surface area contributed by atoms with E-state index in [0.29, 0.717) is 11.8 Å². The Balaban J connectivity index is 0.00000261. The van der Waals surface area contributed by atoms with Gasteiger partial charge in [-0.3, -0.25) is 0 Å². The van der Waals surface area contributed by atoms with Crippen molar-refractivity contribution in [1.82, 2.24) is 0 Å². The summed E-state index contributed by atoms with van der Waals surface area (Å²) in [7, 11) is 0. The van der Waals surface area contributed by atoms with Gasteiger partial charge in [0.2, 0.25) is 0 Å². The second-order valence-corrected chi connectivity index (χ2v) is 9.69. The fourth-order valence-electron chi connectivity index (χ4n) is 4.24. The van der Waals surface area contributed by atoms with Crippen LogP contribution in [0.15, 0.2) is 60.2 Å². The smallest absolute Gasteiger partial charge is 1.00 e. The molecule has 0 spiro atoms. The molecule has 0 heterocycles. The number of allylic oxidation sites excluding steroid dienone is 4. The van der Waals surface area contributed by atoms with Gasteiger partial charge in [0.05, 0.1) is 0 Å². The summed E-state index contributed by atoms with van der Waals surface area (Å²) in [6.07, 6.45) is 7.25. The fourth-order valence-corrected chi connectivity index (χ4v) is 5.15. The van der Waals surface area contributed by atoms with Crippen molar-refractivity contribution in [1.29, 1.82) is 0 Å². The van der Waals surface area contributed by atoms with E-state index in [4.69, 9.17) is 0 Å². The predicted octanol–water partition coefficient (Wildman–Crippen LogP) is -2.08. The minimum Gasteiger partial charge on any atom is -1.00 e. The Labute approximate surface area is 207 Å². The zero-order valence-electron chi connectivity index (χ0n) is 18.0. The molecule has 3 rings (SSSR count). The first-order chi connectivity index (χ1) is 12.2. The van der Waals surface area contributed by atoms with Crippen LogP contribution in [0, 0.1) is 33.6 Å². The third-order valence-electron chi connectivity index (χ3n) is 5.26. The molecule has 2 aromatic carbocycles. The summed E-state index contributed by atoms with van der Waals surface area (Å²) in [4.78, 5) is 0. The van der Waals surface area contributed by atoms with Crippen LogP contribution in [0.4, 0.5) is 0 Å². The quantitative estimate of drug-likeness (QED) is 0.438. The van der Waals surface area contributed by atoms with Crippen molar-refractivity contribution in [3.05, 3.63) is 93.6 Å². The number of hydrogen-bond donors (Lipinski definition) is 0. The Morgan fingerprint density at radius 1 is 0.690 bits per heavy atom. The molecular formula is C25H29Cl3Ti. The molecule has 1 unspecified atom stereocenters. The zero-order chi connectivity index (χ0) is 19.1. The Morgan fingerprint density at radius 3 is 1.38 bits per heavy atom. The maximum absolute atomic E-state index is 2.50. The van der Waals surface area contributed by atoms with Gasteiger partial charge in [-0.2, -0.15) is 0 Å². The summed E-state index contributed by atoms with van der Waals surface area (Å²) in [5.74, 6) is 0.888. The van der Waals surface area contributed by atoms with Crippen molar-refractivity contribution >= 4 is 0 Å². The number of rotatable bonds is 4. The van der Waals surface area contributed by atoms with Gasteiger partial charge >= 0.3 is 171 Å². The van der Waals surface area contributed by atoms with Crippen LogP contribution in [0.3, 0.4) is 0 Å². The first-order valence-corrected chi connectivity index (χ1v) is 10.3. The summed E-state index contributed by atoms with van der Waals surface area (Å²) >= 11 is 2.39. The van der Waals surface area contributed by atoms with E-state index in [0.717, 1.165) is 0 Å². The maximum Gasteiger partial charge on any atom is -1.00 e. The third kappa shape index (κ3) is 6.49. The van der Waals surface area contributed by atoms with E-state index in [2.05, 4.69) is 117 Å². The van der Waals surface area contributed by atoms with Crippen molar-refractivity contribution in [2.75, 3.05) is 0 Å². The Bertz CT molecular complexity index is 807. The van der Waals surface area contributed by atoms with Crippen molar-refractivity contribution in [3.63, 3.8) is 0 Å². The van der Waals surface area contributed by atoms with E-state index in [-0.39, 0.29) is 40.9 Å². The van der Waals surface area contributed by atoms with Gasteiger partial charge in [0.1, 0.15) is 0 Å². The number of hydrogen-bond acceptors (Lipinski definition) is 0. The number of halogens is 3. The van der Waals surface area contributed by atoms with Crippen LogP contribution < -0.4 is 37.2 Å². The summed E-state index contributed by atoms with van der Waals surface area (Å²) in [5, 5.41) is 0. The molecule has 29 heavy (non-hydrogen) atoms. The normalized spacial score (nSPS) is 17.5. The molecular weight excluding hydrogens is 455 g/mol. The first kappa shape index (κ1) is 28.5. The summed E-state index contributed by atoms with van der Waals surface area (Å²) in [5.41, 5.74) is 9.65. The summed E-state index contributed by atoms with van der Waals surface area (Å²) in [6.45, 7) is 13.4. The van der Waals surface area contributed by atoms with Crippen LogP contribution in [-0.4, -0.2) is 0 Å². The third-order valence-corrected chi connectivity index (χ3v) is 6.19. The van der Waals surface area contributed by atoms with Gasteiger partial charge in [-0.1, -0.05) is 0 Å². The van der Waals surface area contributed by atoms with E-state index in [9.17, 15) is 0 Å². The second-order valence-electron chi connectivity index (χ2n) is 8.34. The Kier molecular flexibility index (Phi) is 11.0. The first-order valence-electron chi connectivity index (χ1n) is 9.51. The minimum absolute atomic E-state index is 0. The predicted molar refractivity (Wildman–Crippen MR) is 108 cm³/mol. The van der Waals surface area contributed by atoms with Crippen LogP contribution in [0.2, 0.25) is 3.72 Å². The SMILES string of the molecule is Cc1cc(C)cc(C(c2cc(C)cc(C)c2)[C]2([Ti+3])C=CC(C(C)C)=C2)c1.[Cl-].[Cl-].[Cl-]. The molecule has 0 nitrogen and oxygen atoms in total. The summed E-state index contributed by atoms with van der Waals surface area (Å²) in [6, 6.07) is 14.0. The number of aryl methyl sites for hydroxylation is 4. The second kappa shape index (κ2) is 11.2. The molecule has 1 aliphatic rings. The molecule has 0 fully saturated rings. The van der Waals surface area contributed by atoms with Gasteiger partial charge in [-0.05, 0) is 0 Å². The molecule has 0 aliphatic heterocycles. The molecule has 0 saturated carbocycles. The van der Waals surface area contributed by atoms with Crippen molar-refractivity contribution < 1.29 is 57.7 Å². The fraction of sp³-hybridized carbons (Fsp3) is 0.360. The Morgan fingerprint density at radius 2 is 1.07 bits per heavy atom. The molecule has 0 saturated heterocycles. The minimum atomic E-state index is 0. The van der Waals surface area contributed by atoms with E-state index in [1.807, 2.05) is 0 Å². The van der Waals surface area contributed by atoms with Crippen molar-refractivity contribution in [2.24, 2.45) is 5.92 Å². The zero-order valence-corrected chi connectivity index (χ0v) is 21.8. The van der Waals surface area contributed by atoms with E-state index in [1.165, 1.54) is 39.0 Å².